The SMILES string of the molecule is CC1(C(=O)NC2CC(c3ccc(C(F)(F)F)cc3)C2)CC=CC1. The highest BCUT2D eigenvalue weighted by atomic mass is 19.4. The number of halogens is 3. The minimum Gasteiger partial charge on any atom is -0.353 e. The van der Waals surface area contributed by atoms with Crippen LogP contribution >= 0.6 is 0 Å². The molecule has 1 aromatic rings. The van der Waals surface area contributed by atoms with Gasteiger partial charge < -0.3 is 5.32 Å². The van der Waals surface area contributed by atoms with E-state index in [2.05, 4.69) is 5.32 Å². The van der Waals surface area contributed by atoms with Crippen molar-refractivity contribution in [2.75, 3.05) is 0 Å². The molecule has 2 aliphatic carbocycles. The van der Waals surface area contributed by atoms with Crippen LogP contribution in [0.2, 0.25) is 0 Å². The van der Waals surface area contributed by atoms with E-state index in [-0.39, 0.29) is 23.3 Å². The van der Waals surface area contributed by atoms with Gasteiger partial charge in [0.25, 0.3) is 0 Å². The van der Waals surface area contributed by atoms with Crippen molar-refractivity contribution >= 4 is 5.91 Å². The molecule has 2 aliphatic rings. The van der Waals surface area contributed by atoms with E-state index in [1.54, 1.807) is 12.1 Å². The van der Waals surface area contributed by atoms with Gasteiger partial charge in [-0.3, -0.25) is 4.79 Å². The van der Waals surface area contributed by atoms with Gasteiger partial charge in [-0.2, -0.15) is 13.2 Å². The van der Waals surface area contributed by atoms with Gasteiger partial charge in [-0.25, -0.2) is 0 Å². The zero-order valence-corrected chi connectivity index (χ0v) is 13.0. The molecule has 0 bridgehead atoms. The molecule has 1 aromatic carbocycles. The Kier molecular flexibility index (Phi) is 3.98. The summed E-state index contributed by atoms with van der Waals surface area (Å²) < 4.78 is 37.7. The number of rotatable bonds is 3. The first-order valence-corrected chi connectivity index (χ1v) is 7.91. The van der Waals surface area contributed by atoms with Crippen molar-refractivity contribution in [3.8, 4) is 0 Å². The summed E-state index contributed by atoms with van der Waals surface area (Å²) in [5.74, 6) is 0.315. The van der Waals surface area contributed by atoms with Gasteiger partial charge in [0, 0.05) is 6.04 Å². The number of nitrogens with one attached hydrogen (secondary N) is 1. The number of carbonyl (C=O) groups excluding carboxylic acids is 1. The third kappa shape index (κ3) is 3.28. The van der Waals surface area contributed by atoms with Crippen LogP contribution < -0.4 is 5.32 Å². The van der Waals surface area contributed by atoms with Crippen molar-refractivity contribution in [2.45, 2.75) is 50.7 Å². The predicted octanol–water partition coefficient (Wildman–Crippen LogP) is 4.42. The lowest BCUT2D eigenvalue weighted by atomic mass is 9.75. The molecule has 0 aliphatic heterocycles. The van der Waals surface area contributed by atoms with Gasteiger partial charge in [-0.05, 0) is 49.3 Å². The summed E-state index contributed by atoms with van der Waals surface area (Å²) in [6, 6.07) is 5.49. The first kappa shape index (κ1) is 16.1. The van der Waals surface area contributed by atoms with E-state index < -0.39 is 11.7 Å². The van der Waals surface area contributed by atoms with E-state index in [0.717, 1.165) is 43.4 Å². The highest BCUT2D eigenvalue weighted by Crippen LogP contribution is 2.40. The molecule has 1 N–H and O–H groups in total. The van der Waals surface area contributed by atoms with Gasteiger partial charge in [0.15, 0.2) is 0 Å². The predicted molar refractivity (Wildman–Crippen MR) is 81.8 cm³/mol. The smallest absolute Gasteiger partial charge is 0.353 e. The average molecular weight is 323 g/mol. The van der Waals surface area contributed by atoms with Crippen molar-refractivity contribution in [2.24, 2.45) is 5.41 Å². The monoisotopic (exact) mass is 323 g/mol. The molecule has 1 fully saturated rings. The molecule has 1 amide bonds. The maximum atomic E-state index is 12.6. The van der Waals surface area contributed by atoms with E-state index in [1.165, 1.54) is 0 Å². The van der Waals surface area contributed by atoms with Crippen LogP contribution in [-0.4, -0.2) is 11.9 Å². The van der Waals surface area contributed by atoms with E-state index in [1.807, 2.05) is 19.1 Å². The molecule has 0 spiro atoms. The van der Waals surface area contributed by atoms with Crippen molar-refractivity contribution in [1.29, 1.82) is 0 Å². The normalized spacial score (nSPS) is 25.9. The molecular formula is C18H20F3NO. The van der Waals surface area contributed by atoms with E-state index >= 15 is 0 Å². The first-order chi connectivity index (χ1) is 10.8. The topological polar surface area (TPSA) is 29.1 Å². The summed E-state index contributed by atoms with van der Waals surface area (Å²) in [4.78, 5) is 12.3. The molecule has 3 rings (SSSR count). The van der Waals surface area contributed by atoms with Gasteiger partial charge in [0.05, 0.1) is 11.0 Å². The molecule has 0 atom stereocenters. The molecule has 0 unspecified atom stereocenters. The highest BCUT2D eigenvalue weighted by molar-refractivity contribution is 5.83. The standard InChI is InChI=1S/C18H20F3NO/c1-17(8-2-3-9-17)16(23)22-15-10-13(11-15)12-4-6-14(7-5-12)18(19,20)21/h2-7,13,15H,8-11H2,1H3,(H,22,23). The number of benzene rings is 1. The zero-order chi connectivity index (χ0) is 16.7. The Hall–Kier alpha value is -1.78. The van der Waals surface area contributed by atoms with Gasteiger partial charge in [-0.1, -0.05) is 31.2 Å². The molecule has 1 saturated carbocycles. The number of alkyl halides is 3. The van der Waals surface area contributed by atoms with Crippen LogP contribution in [0.25, 0.3) is 0 Å². The second-order valence-electron chi connectivity index (χ2n) is 6.90. The Morgan fingerprint density at radius 2 is 1.70 bits per heavy atom. The maximum Gasteiger partial charge on any atom is 0.416 e. The number of hydrogen-bond acceptors (Lipinski definition) is 1. The molecule has 5 heteroatoms. The lowest BCUT2D eigenvalue weighted by Gasteiger charge is -2.38. The second kappa shape index (κ2) is 5.69. The van der Waals surface area contributed by atoms with Gasteiger partial charge in [0.1, 0.15) is 0 Å². The molecule has 0 heterocycles. The lowest BCUT2D eigenvalue weighted by Crippen LogP contribution is -2.48. The van der Waals surface area contributed by atoms with Crippen LogP contribution in [0.15, 0.2) is 36.4 Å². The van der Waals surface area contributed by atoms with E-state index in [9.17, 15) is 18.0 Å². The molecule has 124 valence electrons. The Bertz CT molecular complexity index is 604. The lowest BCUT2D eigenvalue weighted by molar-refractivity contribution is -0.137. The number of amides is 1. The van der Waals surface area contributed by atoms with Crippen LogP contribution in [-0.2, 0) is 11.0 Å². The van der Waals surface area contributed by atoms with Gasteiger partial charge in [-0.15, -0.1) is 0 Å². The molecule has 23 heavy (non-hydrogen) atoms. The van der Waals surface area contributed by atoms with Crippen LogP contribution in [0.1, 0.15) is 49.7 Å². The van der Waals surface area contributed by atoms with E-state index in [4.69, 9.17) is 0 Å². The van der Waals surface area contributed by atoms with E-state index in [0.29, 0.717) is 0 Å². The number of hydrogen-bond donors (Lipinski definition) is 1. The summed E-state index contributed by atoms with van der Waals surface area (Å²) in [6.45, 7) is 1.97. The van der Waals surface area contributed by atoms with Crippen LogP contribution in [0.5, 0.6) is 0 Å². The van der Waals surface area contributed by atoms with Crippen LogP contribution in [0.3, 0.4) is 0 Å². The molecule has 0 radical (unpaired) electrons. The maximum absolute atomic E-state index is 12.6. The molecular weight excluding hydrogens is 303 g/mol. The molecule has 0 aromatic heterocycles. The molecule has 2 nitrogen and oxygen atoms in total. The third-order valence-corrected chi connectivity index (χ3v) is 5.03. The summed E-state index contributed by atoms with van der Waals surface area (Å²) in [7, 11) is 0. The minimum absolute atomic E-state index is 0.0818. The highest BCUT2D eigenvalue weighted by Gasteiger charge is 2.38. The summed E-state index contributed by atoms with van der Waals surface area (Å²) in [5, 5.41) is 3.08. The minimum atomic E-state index is -4.29. The average Bonchev–Trinajstić information content (AvgIpc) is 2.89. The Balaban J connectivity index is 1.52. The Morgan fingerprint density at radius 3 is 2.22 bits per heavy atom. The van der Waals surface area contributed by atoms with Crippen molar-refractivity contribution in [1.82, 2.24) is 5.32 Å². The Labute approximate surface area is 133 Å². The summed E-state index contributed by atoms with van der Waals surface area (Å²) in [5.41, 5.74) is -0.0382. The zero-order valence-electron chi connectivity index (χ0n) is 13.0. The van der Waals surface area contributed by atoms with Gasteiger partial charge in [0.2, 0.25) is 5.91 Å². The number of allylic oxidation sites excluding steroid dienone is 2. The first-order valence-electron chi connectivity index (χ1n) is 7.91. The van der Waals surface area contributed by atoms with Crippen LogP contribution in [0, 0.1) is 5.41 Å². The fourth-order valence-corrected chi connectivity index (χ4v) is 3.27. The second-order valence-corrected chi connectivity index (χ2v) is 6.90. The van der Waals surface area contributed by atoms with Crippen molar-refractivity contribution in [3.63, 3.8) is 0 Å². The fraction of sp³-hybridized carbons (Fsp3) is 0.500. The van der Waals surface area contributed by atoms with Crippen molar-refractivity contribution in [3.05, 3.63) is 47.5 Å². The summed E-state index contributed by atoms with van der Waals surface area (Å²) in [6.07, 6.45) is 2.90. The fourth-order valence-electron chi connectivity index (χ4n) is 3.27. The van der Waals surface area contributed by atoms with Crippen LogP contribution in [0.4, 0.5) is 13.2 Å². The van der Waals surface area contributed by atoms with Gasteiger partial charge >= 0.3 is 6.18 Å². The molecule has 0 saturated heterocycles. The summed E-state index contributed by atoms with van der Waals surface area (Å²) >= 11 is 0. The Morgan fingerprint density at radius 1 is 1.13 bits per heavy atom. The van der Waals surface area contributed by atoms with Crippen molar-refractivity contribution < 1.29 is 18.0 Å². The quantitative estimate of drug-likeness (QED) is 0.820. The third-order valence-electron chi connectivity index (χ3n) is 5.03. The largest absolute Gasteiger partial charge is 0.416 e. The number of carbonyl (C=O) groups is 1.